The Hall–Kier alpha value is -3.13. The minimum absolute atomic E-state index is 0.0514. The van der Waals surface area contributed by atoms with Crippen LogP contribution in [0.5, 0.6) is 11.5 Å². The molecule has 0 aliphatic rings. The van der Waals surface area contributed by atoms with Crippen molar-refractivity contribution in [3.63, 3.8) is 0 Å². The summed E-state index contributed by atoms with van der Waals surface area (Å²) in [6.07, 6.45) is 1.06. The average molecular weight is 388 g/mol. The predicted molar refractivity (Wildman–Crippen MR) is 104 cm³/mol. The molecule has 0 spiro atoms. The molecule has 0 saturated heterocycles. The number of carbonyl (C=O) groups excluding carboxylic acids is 1. The Morgan fingerprint density at radius 3 is 2.36 bits per heavy atom. The molecule has 8 heteroatoms. The normalized spacial score (nSPS) is 12.7. The average Bonchev–Trinajstić information content (AvgIpc) is 2.70. The van der Waals surface area contributed by atoms with Crippen LogP contribution in [0.25, 0.3) is 0 Å². The number of benzene rings is 2. The molecule has 1 unspecified atom stereocenters. The monoisotopic (exact) mass is 388 g/mol. The van der Waals surface area contributed by atoms with Crippen molar-refractivity contribution in [1.82, 2.24) is 5.32 Å². The first-order valence-electron chi connectivity index (χ1n) is 8.72. The Balaban J connectivity index is 2.10. The Morgan fingerprint density at radius 1 is 1.18 bits per heavy atom. The van der Waals surface area contributed by atoms with Gasteiger partial charge in [0, 0.05) is 12.6 Å². The maximum Gasteiger partial charge on any atom is 0.286 e. The molecule has 8 nitrogen and oxygen atoms in total. The van der Waals surface area contributed by atoms with Crippen molar-refractivity contribution in [1.29, 1.82) is 0 Å². The second-order valence-electron chi connectivity index (χ2n) is 6.65. The Kier molecular flexibility index (Phi) is 6.94. The predicted octanol–water partition coefficient (Wildman–Crippen LogP) is 2.73. The van der Waals surface area contributed by atoms with Gasteiger partial charge >= 0.3 is 0 Å². The smallest absolute Gasteiger partial charge is 0.286 e. The van der Waals surface area contributed by atoms with Gasteiger partial charge in [-0.2, -0.15) is 0 Å². The standard InChI is InChI=1S/C20H24N2O6/c1-20(24,10-9-14-7-5-4-6-8-14)13-21-19(23)15-11-17(27-2)18(28-3)12-16(15)22(25)26/h4-8,11-12,24H,9-10,13H2,1-3H3,(H,21,23). The number of nitro benzene ring substituents is 1. The summed E-state index contributed by atoms with van der Waals surface area (Å²) < 4.78 is 10.2. The minimum atomic E-state index is -1.17. The first-order chi connectivity index (χ1) is 13.3. The molecule has 0 aliphatic carbocycles. The van der Waals surface area contributed by atoms with Gasteiger partial charge < -0.3 is 19.9 Å². The van der Waals surface area contributed by atoms with Gasteiger partial charge in [-0.3, -0.25) is 14.9 Å². The Morgan fingerprint density at radius 2 is 1.79 bits per heavy atom. The van der Waals surface area contributed by atoms with Gasteiger partial charge in [0.05, 0.1) is 30.8 Å². The number of hydrogen-bond donors (Lipinski definition) is 2. The van der Waals surface area contributed by atoms with Gasteiger partial charge in [0.25, 0.3) is 11.6 Å². The first-order valence-corrected chi connectivity index (χ1v) is 8.72. The lowest BCUT2D eigenvalue weighted by atomic mass is 9.96. The molecule has 2 N–H and O–H groups in total. The minimum Gasteiger partial charge on any atom is -0.493 e. The summed E-state index contributed by atoms with van der Waals surface area (Å²) in [5.74, 6) is -0.317. The van der Waals surface area contributed by atoms with Crippen molar-refractivity contribution < 1.29 is 24.3 Å². The number of ether oxygens (including phenoxy) is 2. The van der Waals surface area contributed by atoms with E-state index in [2.05, 4.69) is 5.32 Å². The van der Waals surface area contributed by atoms with E-state index in [1.807, 2.05) is 30.3 Å². The van der Waals surface area contributed by atoms with Gasteiger partial charge in [-0.1, -0.05) is 30.3 Å². The van der Waals surface area contributed by atoms with Gasteiger partial charge in [0.15, 0.2) is 11.5 Å². The van der Waals surface area contributed by atoms with Gasteiger partial charge in [-0.05, 0) is 25.3 Å². The zero-order valence-electron chi connectivity index (χ0n) is 16.1. The van der Waals surface area contributed by atoms with Crippen LogP contribution < -0.4 is 14.8 Å². The molecule has 0 saturated carbocycles. The van der Waals surface area contributed by atoms with Gasteiger partial charge in [-0.25, -0.2) is 0 Å². The quantitative estimate of drug-likeness (QED) is 0.505. The number of rotatable bonds is 9. The summed E-state index contributed by atoms with van der Waals surface area (Å²) in [7, 11) is 2.73. The number of nitro groups is 1. The highest BCUT2D eigenvalue weighted by molar-refractivity contribution is 5.99. The first kappa shape index (κ1) is 21.2. The highest BCUT2D eigenvalue weighted by Crippen LogP contribution is 2.34. The van der Waals surface area contributed by atoms with Crippen molar-refractivity contribution in [3.05, 3.63) is 63.7 Å². The molecule has 28 heavy (non-hydrogen) atoms. The zero-order valence-corrected chi connectivity index (χ0v) is 16.1. The summed E-state index contributed by atoms with van der Waals surface area (Å²) in [5, 5.41) is 24.4. The van der Waals surface area contributed by atoms with Crippen LogP contribution in [0.1, 0.15) is 29.3 Å². The number of amides is 1. The molecule has 0 fully saturated rings. The fourth-order valence-electron chi connectivity index (χ4n) is 2.71. The molecular formula is C20H24N2O6. The van der Waals surface area contributed by atoms with E-state index < -0.39 is 22.1 Å². The third-order valence-electron chi connectivity index (χ3n) is 4.37. The third-order valence-corrected chi connectivity index (χ3v) is 4.37. The van der Waals surface area contributed by atoms with Crippen molar-refractivity contribution in [2.45, 2.75) is 25.4 Å². The number of nitrogens with zero attached hydrogens (tertiary/aromatic N) is 1. The third kappa shape index (κ3) is 5.43. The molecule has 2 aromatic rings. The Labute approximate surface area is 163 Å². The van der Waals surface area contributed by atoms with Gasteiger partial charge in [0.1, 0.15) is 5.56 Å². The van der Waals surface area contributed by atoms with Crippen LogP contribution in [-0.2, 0) is 6.42 Å². The molecule has 1 amide bonds. The molecule has 1 atom stereocenters. The summed E-state index contributed by atoms with van der Waals surface area (Å²) in [6.45, 7) is 1.56. The molecule has 0 aromatic heterocycles. The maximum atomic E-state index is 12.5. The van der Waals surface area contributed by atoms with Crippen LogP contribution in [0.4, 0.5) is 5.69 Å². The topological polar surface area (TPSA) is 111 Å². The molecule has 0 radical (unpaired) electrons. The van der Waals surface area contributed by atoms with E-state index in [-0.39, 0.29) is 23.6 Å². The van der Waals surface area contributed by atoms with Crippen LogP contribution >= 0.6 is 0 Å². The zero-order chi connectivity index (χ0) is 20.7. The number of hydrogen-bond acceptors (Lipinski definition) is 6. The van der Waals surface area contributed by atoms with Crippen molar-refractivity contribution in [2.24, 2.45) is 0 Å². The molecule has 0 bridgehead atoms. The second-order valence-corrected chi connectivity index (χ2v) is 6.65. The van der Waals surface area contributed by atoms with Crippen LogP contribution in [0.3, 0.4) is 0 Å². The van der Waals surface area contributed by atoms with Crippen LogP contribution in [0, 0.1) is 10.1 Å². The summed E-state index contributed by atoms with van der Waals surface area (Å²) in [4.78, 5) is 23.2. The molecule has 0 heterocycles. The number of carbonyl (C=O) groups is 1. The SMILES string of the molecule is COc1cc(C(=O)NCC(C)(O)CCc2ccccc2)c([N+](=O)[O-])cc1OC. The van der Waals surface area contributed by atoms with E-state index in [9.17, 15) is 20.0 Å². The Bertz CT molecular complexity index is 836. The van der Waals surface area contributed by atoms with E-state index in [1.54, 1.807) is 6.92 Å². The van der Waals surface area contributed by atoms with Gasteiger partial charge in [0.2, 0.25) is 0 Å². The number of methoxy groups -OCH3 is 2. The van der Waals surface area contributed by atoms with E-state index in [1.165, 1.54) is 20.3 Å². The lowest BCUT2D eigenvalue weighted by Crippen LogP contribution is -2.41. The van der Waals surface area contributed by atoms with Crippen LogP contribution in [0.15, 0.2) is 42.5 Å². The van der Waals surface area contributed by atoms with E-state index in [0.717, 1.165) is 11.6 Å². The molecule has 2 rings (SSSR count). The van der Waals surface area contributed by atoms with Crippen LogP contribution in [0.2, 0.25) is 0 Å². The molecule has 2 aromatic carbocycles. The summed E-state index contributed by atoms with van der Waals surface area (Å²) >= 11 is 0. The van der Waals surface area contributed by atoms with Crippen molar-refractivity contribution in [3.8, 4) is 11.5 Å². The molecular weight excluding hydrogens is 364 g/mol. The number of aryl methyl sites for hydroxylation is 1. The van der Waals surface area contributed by atoms with E-state index >= 15 is 0 Å². The fourth-order valence-corrected chi connectivity index (χ4v) is 2.71. The highest BCUT2D eigenvalue weighted by atomic mass is 16.6. The number of aliphatic hydroxyl groups is 1. The second kappa shape index (κ2) is 9.18. The largest absolute Gasteiger partial charge is 0.493 e. The lowest BCUT2D eigenvalue weighted by molar-refractivity contribution is -0.385. The summed E-state index contributed by atoms with van der Waals surface area (Å²) in [6, 6.07) is 12.1. The lowest BCUT2D eigenvalue weighted by Gasteiger charge is -2.23. The molecule has 150 valence electrons. The van der Waals surface area contributed by atoms with Crippen molar-refractivity contribution >= 4 is 11.6 Å². The number of nitrogens with one attached hydrogen (secondary N) is 1. The highest BCUT2D eigenvalue weighted by Gasteiger charge is 2.27. The van der Waals surface area contributed by atoms with E-state index in [4.69, 9.17) is 9.47 Å². The molecule has 0 aliphatic heterocycles. The van der Waals surface area contributed by atoms with Crippen molar-refractivity contribution in [2.75, 3.05) is 20.8 Å². The fraction of sp³-hybridized carbons (Fsp3) is 0.350. The maximum absolute atomic E-state index is 12.5. The van der Waals surface area contributed by atoms with E-state index in [0.29, 0.717) is 12.8 Å². The van der Waals surface area contributed by atoms with Crippen LogP contribution in [-0.4, -0.2) is 42.3 Å². The summed E-state index contributed by atoms with van der Waals surface area (Å²) in [5.41, 5.74) is -0.665. The van der Waals surface area contributed by atoms with Gasteiger partial charge in [-0.15, -0.1) is 0 Å².